The van der Waals surface area contributed by atoms with Crippen LogP contribution < -0.4 is 27.4 Å². The van der Waals surface area contributed by atoms with Crippen LogP contribution in [0.1, 0.15) is 30.4 Å². The molecule has 11 nitrogen and oxygen atoms in total. The van der Waals surface area contributed by atoms with Crippen molar-refractivity contribution in [3.05, 3.63) is 65.7 Å². The predicted octanol–water partition coefficient (Wildman–Crippen LogP) is 0.103. The van der Waals surface area contributed by atoms with E-state index < -0.39 is 47.9 Å². The summed E-state index contributed by atoms with van der Waals surface area (Å²) in [4.78, 5) is 50.6. The highest BCUT2D eigenvalue weighted by Crippen LogP contribution is 2.12. The number of hydrogen-bond acceptors (Lipinski definition) is 8. The maximum atomic E-state index is 13.1. The molecule has 0 fully saturated rings. The zero-order valence-electron chi connectivity index (χ0n) is 21.6. The molecule has 212 valence electrons. The Morgan fingerprint density at radius 2 is 1.33 bits per heavy atom. The smallest absolute Gasteiger partial charge is 0.326 e. The minimum atomic E-state index is -1.27. The third kappa shape index (κ3) is 11.0. The molecule has 39 heavy (non-hydrogen) atoms. The lowest BCUT2D eigenvalue weighted by Gasteiger charge is -2.24. The molecule has 9 N–H and O–H groups in total. The molecule has 2 rings (SSSR count). The molecule has 0 aliphatic heterocycles. The lowest BCUT2D eigenvalue weighted by Crippen LogP contribution is -2.58. The van der Waals surface area contributed by atoms with E-state index in [1.807, 2.05) is 30.3 Å². The molecular weight excluding hydrogens is 522 g/mol. The van der Waals surface area contributed by atoms with Gasteiger partial charge in [-0.2, -0.15) is 12.6 Å². The molecule has 3 amide bonds. The molecule has 0 aliphatic rings. The molecule has 2 aromatic carbocycles. The maximum absolute atomic E-state index is 13.1. The average molecular weight is 560 g/mol. The number of phenolic OH excluding ortho intramolecular Hbond substituents is 1. The number of carboxylic acid groups (broad SMARTS) is 1. The number of nitrogens with two attached hydrogens (primary N) is 2. The number of unbranched alkanes of at least 4 members (excludes halogenated alkanes) is 1. The van der Waals surface area contributed by atoms with Gasteiger partial charge >= 0.3 is 5.97 Å². The van der Waals surface area contributed by atoms with Crippen molar-refractivity contribution in [3.8, 4) is 5.75 Å². The van der Waals surface area contributed by atoms with E-state index in [2.05, 4.69) is 28.6 Å². The molecular formula is C27H37N5O6S. The van der Waals surface area contributed by atoms with Gasteiger partial charge in [0.25, 0.3) is 0 Å². The number of amides is 3. The Morgan fingerprint density at radius 3 is 1.92 bits per heavy atom. The van der Waals surface area contributed by atoms with Gasteiger partial charge in [-0.05, 0) is 55.5 Å². The quantitative estimate of drug-likeness (QED) is 0.105. The molecule has 12 heteroatoms. The Labute approximate surface area is 233 Å². The number of carboxylic acids is 1. The Kier molecular flexibility index (Phi) is 13.3. The molecule has 2 aromatic rings. The number of aromatic hydroxyl groups is 1. The molecule has 0 heterocycles. The molecule has 0 radical (unpaired) electrons. The second kappa shape index (κ2) is 16.4. The topological polar surface area (TPSA) is 197 Å². The van der Waals surface area contributed by atoms with Crippen LogP contribution in [0.5, 0.6) is 5.75 Å². The van der Waals surface area contributed by atoms with Crippen LogP contribution in [0.4, 0.5) is 0 Å². The van der Waals surface area contributed by atoms with E-state index in [1.54, 1.807) is 12.1 Å². The number of hydrogen-bond donors (Lipinski definition) is 8. The molecule has 0 saturated carbocycles. The molecule has 4 atom stereocenters. The molecule has 0 spiro atoms. The largest absolute Gasteiger partial charge is 0.508 e. The Morgan fingerprint density at radius 1 is 0.769 bits per heavy atom. The van der Waals surface area contributed by atoms with E-state index in [-0.39, 0.29) is 30.8 Å². The third-order valence-corrected chi connectivity index (χ3v) is 6.39. The fourth-order valence-corrected chi connectivity index (χ4v) is 4.06. The van der Waals surface area contributed by atoms with Gasteiger partial charge in [0, 0.05) is 12.2 Å². The summed E-state index contributed by atoms with van der Waals surface area (Å²) in [6.45, 7) is 0.384. The molecule has 4 unspecified atom stereocenters. The Bertz CT molecular complexity index is 1090. The number of thiol groups is 1. The fraction of sp³-hybridized carbons (Fsp3) is 0.407. The third-order valence-electron chi connectivity index (χ3n) is 6.02. The summed E-state index contributed by atoms with van der Waals surface area (Å²) in [5.41, 5.74) is 13.0. The minimum Gasteiger partial charge on any atom is -0.508 e. The number of aliphatic carboxylic acids is 1. The first kappa shape index (κ1) is 31.6. The highest BCUT2D eigenvalue weighted by Gasteiger charge is 2.30. The number of carbonyl (C=O) groups is 4. The lowest BCUT2D eigenvalue weighted by molar-refractivity contribution is -0.142. The fourth-order valence-electron chi connectivity index (χ4n) is 3.81. The SMILES string of the molecule is NCCCCC(NC(=O)C(CS)NC(=O)C(N)Cc1ccccc1)C(=O)NC(Cc1ccc(O)cc1)C(=O)O. The van der Waals surface area contributed by atoms with Gasteiger partial charge in [-0.1, -0.05) is 42.5 Å². The van der Waals surface area contributed by atoms with Crippen molar-refractivity contribution in [3.63, 3.8) is 0 Å². The van der Waals surface area contributed by atoms with E-state index >= 15 is 0 Å². The van der Waals surface area contributed by atoms with Crippen molar-refractivity contribution < 1.29 is 29.4 Å². The molecule has 0 bridgehead atoms. The van der Waals surface area contributed by atoms with Crippen LogP contribution in [0.3, 0.4) is 0 Å². The van der Waals surface area contributed by atoms with Crippen LogP contribution in [0.25, 0.3) is 0 Å². The zero-order chi connectivity index (χ0) is 28.8. The number of rotatable bonds is 16. The van der Waals surface area contributed by atoms with Crippen LogP contribution in [0.2, 0.25) is 0 Å². The minimum absolute atomic E-state index is 0.0283. The highest BCUT2D eigenvalue weighted by atomic mass is 32.1. The van der Waals surface area contributed by atoms with Crippen LogP contribution >= 0.6 is 12.6 Å². The van der Waals surface area contributed by atoms with Crippen LogP contribution in [-0.2, 0) is 32.0 Å². The van der Waals surface area contributed by atoms with Gasteiger partial charge in [-0.15, -0.1) is 0 Å². The van der Waals surface area contributed by atoms with Crippen molar-refractivity contribution >= 4 is 36.3 Å². The standard InChI is InChI=1S/C27H37N5O6S/c28-13-5-4-8-21(25(35)31-22(27(37)38)15-18-9-11-19(33)12-10-18)30-26(36)23(16-39)32-24(34)20(29)14-17-6-2-1-3-7-17/h1-3,6-7,9-12,20-23,33,39H,4-5,8,13-16,28-29H2,(H,30,36)(H,31,35)(H,32,34)(H,37,38). The van der Waals surface area contributed by atoms with Crippen molar-refractivity contribution in [2.24, 2.45) is 11.5 Å². The summed E-state index contributed by atoms with van der Waals surface area (Å²) >= 11 is 4.17. The summed E-state index contributed by atoms with van der Waals surface area (Å²) in [5.74, 6) is -3.15. The second-order valence-electron chi connectivity index (χ2n) is 9.16. The van der Waals surface area contributed by atoms with Gasteiger partial charge in [0.05, 0.1) is 6.04 Å². The van der Waals surface area contributed by atoms with Gasteiger partial charge < -0.3 is 37.6 Å². The Balaban J connectivity index is 2.05. The monoisotopic (exact) mass is 559 g/mol. The van der Waals surface area contributed by atoms with Crippen molar-refractivity contribution in [1.82, 2.24) is 16.0 Å². The number of benzene rings is 2. The first-order valence-corrected chi connectivity index (χ1v) is 13.3. The van der Waals surface area contributed by atoms with E-state index in [4.69, 9.17) is 11.5 Å². The summed E-state index contributed by atoms with van der Waals surface area (Å²) in [6, 6.07) is 10.8. The van der Waals surface area contributed by atoms with Crippen molar-refractivity contribution in [2.75, 3.05) is 12.3 Å². The zero-order valence-corrected chi connectivity index (χ0v) is 22.5. The first-order chi connectivity index (χ1) is 18.6. The Hall–Kier alpha value is -3.61. The maximum Gasteiger partial charge on any atom is 0.326 e. The predicted molar refractivity (Wildman–Crippen MR) is 150 cm³/mol. The van der Waals surface area contributed by atoms with Gasteiger partial charge in [0.2, 0.25) is 17.7 Å². The van der Waals surface area contributed by atoms with E-state index in [0.29, 0.717) is 24.9 Å². The van der Waals surface area contributed by atoms with Gasteiger partial charge in [0.1, 0.15) is 23.9 Å². The summed E-state index contributed by atoms with van der Waals surface area (Å²) in [5, 5.41) is 26.8. The van der Waals surface area contributed by atoms with Crippen LogP contribution in [0.15, 0.2) is 54.6 Å². The summed E-state index contributed by atoms with van der Waals surface area (Å²) < 4.78 is 0. The van der Waals surface area contributed by atoms with Crippen molar-refractivity contribution in [1.29, 1.82) is 0 Å². The molecule has 0 aromatic heterocycles. The van der Waals surface area contributed by atoms with E-state index in [9.17, 15) is 29.4 Å². The number of nitrogens with one attached hydrogen (secondary N) is 3. The first-order valence-electron chi connectivity index (χ1n) is 12.7. The normalized spacial score (nSPS) is 13.9. The van der Waals surface area contributed by atoms with Crippen molar-refractivity contribution in [2.45, 2.75) is 56.3 Å². The van der Waals surface area contributed by atoms with Crippen LogP contribution in [-0.4, -0.2) is 70.4 Å². The molecule has 0 saturated heterocycles. The average Bonchev–Trinajstić information content (AvgIpc) is 2.92. The van der Waals surface area contributed by atoms with Gasteiger partial charge in [-0.3, -0.25) is 14.4 Å². The second-order valence-corrected chi connectivity index (χ2v) is 9.52. The number of phenols is 1. The van der Waals surface area contributed by atoms with Crippen LogP contribution in [0, 0.1) is 0 Å². The lowest BCUT2D eigenvalue weighted by atomic mass is 10.0. The summed E-state index contributed by atoms with van der Waals surface area (Å²) in [6.07, 6.45) is 1.55. The highest BCUT2D eigenvalue weighted by molar-refractivity contribution is 7.80. The van der Waals surface area contributed by atoms with Gasteiger partial charge in [-0.25, -0.2) is 4.79 Å². The van der Waals surface area contributed by atoms with E-state index in [0.717, 1.165) is 5.56 Å². The summed E-state index contributed by atoms with van der Waals surface area (Å²) in [7, 11) is 0. The molecule has 0 aliphatic carbocycles. The van der Waals surface area contributed by atoms with Gasteiger partial charge in [0.15, 0.2) is 0 Å². The van der Waals surface area contributed by atoms with E-state index in [1.165, 1.54) is 12.1 Å². The number of carbonyl (C=O) groups excluding carboxylic acids is 3.